The predicted octanol–water partition coefficient (Wildman–Crippen LogP) is 3.61. The Hall–Kier alpha value is -3.72. The fourth-order valence-electron chi connectivity index (χ4n) is 4.27. The van der Waals surface area contributed by atoms with E-state index in [0.29, 0.717) is 6.20 Å². The molecule has 176 valence electrons. The number of amides is 2. The molecule has 0 spiro atoms. The summed E-state index contributed by atoms with van der Waals surface area (Å²) in [5, 5.41) is 9.19. The van der Waals surface area contributed by atoms with Crippen LogP contribution in [0.15, 0.2) is 52.8 Å². The number of nitriles is 1. The van der Waals surface area contributed by atoms with Gasteiger partial charge in [0.1, 0.15) is 0 Å². The summed E-state index contributed by atoms with van der Waals surface area (Å²) >= 11 is 0. The molecular weight excluding hydrogens is 473 g/mol. The number of carbonyl (C=O) groups excluding carboxylic acids is 2. The van der Waals surface area contributed by atoms with Crippen molar-refractivity contribution < 1.29 is 31.2 Å². The molecule has 0 saturated carbocycles. The molecule has 0 fully saturated rings. The second kappa shape index (κ2) is 7.95. The van der Waals surface area contributed by atoms with Crippen molar-refractivity contribution in [3.05, 3.63) is 64.6 Å². The molecule has 1 aliphatic carbocycles. The lowest BCUT2D eigenvalue weighted by molar-refractivity contribution is -0.137. The number of hydrogen-bond donors (Lipinski definition) is 0. The van der Waals surface area contributed by atoms with Crippen molar-refractivity contribution >= 4 is 27.3 Å². The first-order valence-corrected chi connectivity index (χ1v) is 11.8. The number of hydrogen-bond acceptors (Lipinski definition) is 6. The molecule has 2 amide bonds. The normalized spacial score (nSPS) is 18.9. The summed E-state index contributed by atoms with van der Waals surface area (Å²) in [4.78, 5) is 31.8. The van der Waals surface area contributed by atoms with Gasteiger partial charge in [0, 0.05) is 37.2 Å². The zero-order valence-electron chi connectivity index (χ0n) is 17.9. The molecule has 2 aliphatic rings. The summed E-state index contributed by atoms with van der Waals surface area (Å²) in [6.45, 7) is 0. The Balaban J connectivity index is 1.94. The third kappa shape index (κ3) is 3.81. The first-order valence-electron chi connectivity index (χ1n) is 9.94. The van der Waals surface area contributed by atoms with Crippen LogP contribution >= 0.6 is 0 Å². The molecule has 0 bridgehead atoms. The molecule has 4 rings (SSSR count). The van der Waals surface area contributed by atoms with E-state index in [1.807, 2.05) is 6.07 Å². The topological polar surface area (TPSA) is 111 Å². The monoisotopic (exact) mass is 490 g/mol. The van der Waals surface area contributed by atoms with Gasteiger partial charge in [-0.1, -0.05) is 6.07 Å². The minimum absolute atomic E-state index is 0.00959. The quantitative estimate of drug-likeness (QED) is 0.650. The zero-order valence-corrected chi connectivity index (χ0v) is 18.7. The Morgan fingerprint density at radius 2 is 1.85 bits per heavy atom. The number of allylic oxidation sites excluding steroid dienone is 1. The average molecular weight is 490 g/mol. The van der Waals surface area contributed by atoms with Crippen LogP contribution in [0.3, 0.4) is 0 Å². The summed E-state index contributed by atoms with van der Waals surface area (Å²) in [6, 6.07) is 4.72. The van der Waals surface area contributed by atoms with Crippen LogP contribution in [0, 0.1) is 11.3 Å². The van der Waals surface area contributed by atoms with E-state index in [9.17, 15) is 36.4 Å². The number of alkyl halides is 3. The molecule has 12 heteroatoms. The summed E-state index contributed by atoms with van der Waals surface area (Å²) in [5.74, 6) is -0.354. The van der Waals surface area contributed by atoms with Gasteiger partial charge in [0.2, 0.25) is 0 Å². The second-order valence-corrected chi connectivity index (χ2v) is 9.97. The van der Waals surface area contributed by atoms with Crippen LogP contribution in [-0.4, -0.2) is 43.4 Å². The molecule has 8 nitrogen and oxygen atoms in total. The van der Waals surface area contributed by atoms with Gasteiger partial charge in [-0.3, -0.25) is 14.7 Å². The highest BCUT2D eigenvalue weighted by atomic mass is 32.2. The molecule has 0 N–H and O–H groups in total. The lowest BCUT2D eigenvalue weighted by atomic mass is 9.92. The molecule has 2 heterocycles. The van der Waals surface area contributed by atoms with Gasteiger partial charge in [0.05, 0.1) is 40.0 Å². The molecule has 0 radical (unpaired) electrons. The maximum atomic E-state index is 13.4. The predicted molar refractivity (Wildman–Crippen MR) is 113 cm³/mol. The summed E-state index contributed by atoms with van der Waals surface area (Å²) < 4.78 is 64.7. The zero-order chi connectivity index (χ0) is 25.0. The van der Waals surface area contributed by atoms with Gasteiger partial charge in [-0.25, -0.2) is 13.2 Å². The Labute approximate surface area is 192 Å². The number of anilines is 1. The van der Waals surface area contributed by atoms with E-state index >= 15 is 0 Å². The fraction of sp³-hybridized carbons (Fsp3) is 0.273. The van der Waals surface area contributed by atoms with Crippen molar-refractivity contribution in [1.29, 1.82) is 5.26 Å². The van der Waals surface area contributed by atoms with Crippen LogP contribution in [0.1, 0.15) is 35.6 Å². The Kier molecular flexibility index (Phi) is 5.48. The number of carbonyl (C=O) groups is 2. The maximum absolute atomic E-state index is 13.4. The van der Waals surface area contributed by atoms with E-state index in [0.717, 1.165) is 28.3 Å². The highest BCUT2D eigenvalue weighted by Gasteiger charge is 2.46. The van der Waals surface area contributed by atoms with Crippen molar-refractivity contribution in [3.63, 3.8) is 0 Å². The Morgan fingerprint density at radius 1 is 1.15 bits per heavy atom. The number of rotatable bonds is 3. The van der Waals surface area contributed by atoms with Crippen LogP contribution in [0.4, 0.5) is 23.7 Å². The third-order valence-corrected chi connectivity index (χ3v) is 6.92. The number of likely N-dealkylation sites (N-methyl/N-ethyl adjacent to an activating group) is 1. The van der Waals surface area contributed by atoms with Gasteiger partial charge in [-0.15, -0.1) is 0 Å². The number of aromatic nitrogens is 1. The molecule has 0 saturated heterocycles. The minimum Gasteiger partial charge on any atom is -0.316 e. The standard InChI is InChI=1S/C22H17F3N4O4S/c1-28-20(15-4-3-12(9-26)7-18(15)34(2,32)33)19-16(5-6-17(19)30)29(21(28)31)14-8-13(10-27-11-14)22(23,24)25/h3-4,7-8,10-11,20H,5-6H2,1-2H3. The van der Waals surface area contributed by atoms with Gasteiger partial charge in [0.15, 0.2) is 15.6 Å². The van der Waals surface area contributed by atoms with Gasteiger partial charge < -0.3 is 4.90 Å². The molecule has 1 aromatic carbocycles. The van der Waals surface area contributed by atoms with E-state index in [1.165, 1.54) is 25.2 Å². The van der Waals surface area contributed by atoms with Crippen LogP contribution < -0.4 is 4.90 Å². The second-order valence-electron chi connectivity index (χ2n) is 7.98. The maximum Gasteiger partial charge on any atom is 0.417 e. The molecular formula is C22H17F3N4O4S. The number of urea groups is 1. The SMILES string of the molecule is CN1C(=O)N(c2cncc(C(F)(F)F)c2)C2=C(C(=O)CC2)C1c1ccc(C#N)cc1S(C)(=O)=O. The molecule has 1 atom stereocenters. The number of halogens is 3. The summed E-state index contributed by atoms with van der Waals surface area (Å²) in [6.07, 6.45) is -1.91. The van der Waals surface area contributed by atoms with E-state index < -0.39 is 33.6 Å². The smallest absolute Gasteiger partial charge is 0.316 e. The lowest BCUT2D eigenvalue weighted by Crippen LogP contribution is -2.48. The van der Waals surface area contributed by atoms with E-state index in [1.54, 1.807) is 0 Å². The third-order valence-electron chi connectivity index (χ3n) is 5.77. The van der Waals surface area contributed by atoms with Gasteiger partial charge in [-0.2, -0.15) is 18.4 Å². The van der Waals surface area contributed by atoms with Crippen molar-refractivity contribution in [3.8, 4) is 6.07 Å². The van der Waals surface area contributed by atoms with Crippen LogP contribution in [0.5, 0.6) is 0 Å². The summed E-state index contributed by atoms with van der Waals surface area (Å²) in [5.41, 5.74) is -0.687. The molecule has 2 aromatic rings. The lowest BCUT2D eigenvalue weighted by Gasteiger charge is -2.40. The highest BCUT2D eigenvalue weighted by molar-refractivity contribution is 7.90. The number of pyridine rings is 1. The molecule has 1 aromatic heterocycles. The van der Waals surface area contributed by atoms with E-state index in [4.69, 9.17) is 0 Å². The molecule has 1 unspecified atom stereocenters. The van der Waals surface area contributed by atoms with Crippen LogP contribution in [-0.2, 0) is 20.8 Å². The first kappa shape index (κ1) is 23.4. The minimum atomic E-state index is -4.69. The fourth-order valence-corrected chi connectivity index (χ4v) is 5.22. The number of benzene rings is 1. The van der Waals surface area contributed by atoms with Crippen LogP contribution in [0.2, 0.25) is 0 Å². The number of nitrogens with zero attached hydrogens (tertiary/aromatic N) is 4. The van der Waals surface area contributed by atoms with Gasteiger partial charge in [-0.05, 0) is 30.2 Å². The number of Topliss-reactive ketones (excluding diaryl/α,β-unsaturated/α-hetero) is 1. The van der Waals surface area contributed by atoms with Gasteiger partial charge >= 0.3 is 12.2 Å². The van der Waals surface area contributed by atoms with Crippen molar-refractivity contribution in [2.75, 3.05) is 18.2 Å². The summed E-state index contributed by atoms with van der Waals surface area (Å²) in [7, 11) is -2.53. The largest absolute Gasteiger partial charge is 0.417 e. The number of ketones is 1. The van der Waals surface area contributed by atoms with Crippen molar-refractivity contribution in [2.24, 2.45) is 0 Å². The number of sulfone groups is 1. The van der Waals surface area contributed by atoms with E-state index in [-0.39, 0.29) is 51.6 Å². The van der Waals surface area contributed by atoms with Crippen LogP contribution in [0.25, 0.3) is 0 Å². The molecule has 34 heavy (non-hydrogen) atoms. The molecule has 1 aliphatic heterocycles. The van der Waals surface area contributed by atoms with E-state index in [2.05, 4.69) is 4.98 Å². The average Bonchev–Trinajstić information content (AvgIpc) is 3.14. The Bertz CT molecular complexity index is 1410. The first-order chi connectivity index (χ1) is 15.8. The van der Waals surface area contributed by atoms with Gasteiger partial charge in [0.25, 0.3) is 0 Å². The Morgan fingerprint density at radius 3 is 2.47 bits per heavy atom. The van der Waals surface area contributed by atoms with Crippen molar-refractivity contribution in [2.45, 2.75) is 30.0 Å². The highest BCUT2D eigenvalue weighted by Crippen LogP contribution is 2.46. The van der Waals surface area contributed by atoms with Crippen molar-refractivity contribution in [1.82, 2.24) is 9.88 Å².